The molecule has 160 valence electrons. The van der Waals surface area contributed by atoms with Gasteiger partial charge in [-0.1, -0.05) is 0 Å². The lowest BCUT2D eigenvalue weighted by atomic mass is 9.90. The summed E-state index contributed by atoms with van der Waals surface area (Å²) in [6, 6.07) is 7.04. The van der Waals surface area contributed by atoms with E-state index in [0.717, 1.165) is 29.8 Å². The lowest BCUT2D eigenvalue weighted by molar-refractivity contribution is -0.137. The monoisotopic (exact) mass is 427 g/mol. The van der Waals surface area contributed by atoms with E-state index >= 15 is 0 Å². The van der Waals surface area contributed by atoms with Crippen LogP contribution in [0, 0.1) is 11.3 Å². The molecule has 6 nitrogen and oxygen atoms in total. The summed E-state index contributed by atoms with van der Waals surface area (Å²) in [5.74, 6) is -0.157. The highest BCUT2D eigenvalue weighted by Gasteiger charge is 2.34. The number of aromatic nitrogens is 2. The molecule has 1 saturated carbocycles. The number of aromatic amines is 1. The Labute approximate surface area is 176 Å². The molecule has 2 heterocycles. The van der Waals surface area contributed by atoms with Gasteiger partial charge in [0.25, 0.3) is 5.91 Å². The summed E-state index contributed by atoms with van der Waals surface area (Å²) in [5.41, 5.74) is 0.370. The predicted octanol–water partition coefficient (Wildman–Crippen LogP) is 4.61. The number of fused-ring (bicyclic) bond motifs is 1. The minimum absolute atomic E-state index is 0.00124. The standard InChI is InChI=1S/C22H20F3N5O/c23-22(24,25)19-9-16(2-1-13(19)10-26)29-14-3-5-15(6-4-14)30-21(31)18-11-28-20-12-27-8-7-17(18)20/h1-2,7-9,11-12,14-15,28-29H,3-6H2,(H,30,31)/t14-,15+. The number of anilines is 1. The van der Waals surface area contributed by atoms with Crippen molar-refractivity contribution < 1.29 is 18.0 Å². The number of amides is 1. The first kappa shape index (κ1) is 20.7. The van der Waals surface area contributed by atoms with Gasteiger partial charge in [0.1, 0.15) is 0 Å². The fraction of sp³-hybridized carbons (Fsp3) is 0.318. The summed E-state index contributed by atoms with van der Waals surface area (Å²) in [6.45, 7) is 0. The molecule has 3 aromatic rings. The third kappa shape index (κ3) is 4.48. The third-order valence-corrected chi connectivity index (χ3v) is 5.61. The van der Waals surface area contributed by atoms with Crippen molar-refractivity contribution in [3.63, 3.8) is 0 Å². The topological polar surface area (TPSA) is 93.6 Å². The average molecular weight is 427 g/mol. The fourth-order valence-electron chi connectivity index (χ4n) is 4.01. The van der Waals surface area contributed by atoms with Gasteiger partial charge in [0.15, 0.2) is 0 Å². The van der Waals surface area contributed by atoms with E-state index in [4.69, 9.17) is 5.26 Å². The molecule has 0 radical (unpaired) electrons. The van der Waals surface area contributed by atoms with Gasteiger partial charge in [0, 0.05) is 35.6 Å². The molecule has 31 heavy (non-hydrogen) atoms. The maximum atomic E-state index is 13.2. The molecule has 3 N–H and O–H groups in total. The molecule has 2 aromatic heterocycles. The Bertz CT molecular complexity index is 1140. The number of nitrogens with one attached hydrogen (secondary N) is 3. The predicted molar refractivity (Wildman–Crippen MR) is 109 cm³/mol. The van der Waals surface area contributed by atoms with Gasteiger partial charge < -0.3 is 15.6 Å². The van der Waals surface area contributed by atoms with Crippen molar-refractivity contribution in [2.75, 3.05) is 5.32 Å². The quantitative estimate of drug-likeness (QED) is 0.567. The maximum Gasteiger partial charge on any atom is 0.417 e. The highest BCUT2D eigenvalue weighted by atomic mass is 19.4. The van der Waals surface area contributed by atoms with Gasteiger partial charge in [0.2, 0.25) is 0 Å². The average Bonchev–Trinajstić information content (AvgIpc) is 3.19. The molecule has 0 bridgehead atoms. The van der Waals surface area contributed by atoms with Gasteiger partial charge in [-0.2, -0.15) is 18.4 Å². The SMILES string of the molecule is N#Cc1ccc(N[C@H]2CC[C@@H](NC(=O)c3c[nH]c4cnccc34)CC2)cc1C(F)(F)F. The lowest BCUT2D eigenvalue weighted by Crippen LogP contribution is -2.40. The van der Waals surface area contributed by atoms with Crippen molar-refractivity contribution in [2.24, 2.45) is 0 Å². The lowest BCUT2D eigenvalue weighted by Gasteiger charge is -2.30. The van der Waals surface area contributed by atoms with E-state index in [-0.39, 0.29) is 18.0 Å². The van der Waals surface area contributed by atoms with E-state index in [1.165, 1.54) is 12.1 Å². The van der Waals surface area contributed by atoms with Crippen LogP contribution in [0.5, 0.6) is 0 Å². The minimum Gasteiger partial charge on any atom is -0.382 e. The van der Waals surface area contributed by atoms with E-state index in [2.05, 4.69) is 20.6 Å². The Hall–Kier alpha value is -3.54. The van der Waals surface area contributed by atoms with E-state index in [1.807, 2.05) is 0 Å². The molecule has 0 aliphatic heterocycles. The zero-order chi connectivity index (χ0) is 22.0. The van der Waals surface area contributed by atoms with Gasteiger partial charge in [-0.15, -0.1) is 0 Å². The molecule has 0 unspecified atom stereocenters. The number of carbonyl (C=O) groups excluding carboxylic acids is 1. The van der Waals surface area contributed by atoms with Crippen molar-refractivity contribution in [3.05, 3.63) is 59.5 Å². The van der Waals surface area contributed by atoms with Crippen LogP contribution in [-0.4, -0.2) is 28.0 Å². The van der Waals surface area contributed by atoms with Crippen LogP contribution in [0.25, 0.3) is 10.9 Å². The number of halogens is 3. The summed E-state index contributed by atoms with van der Waals surface area (Å²) in [5, 5.41) is 15.9. The van der Waals surface area contributed by atoms with Crippen LogP contribution in [0.1, 0.15) is 47.2 Å². The van der Waals surface area contributed by atoms with Crippen molar-refractivity contribution in [1.29, 1.82) is 5.26 Å². The number of nitriles is 1. The van der Waals surface area contributed by atoms with Gasteiger partial charge in [-0.05, 0) is 49.9 Å². The molecule has 0 spiro atoms. The molecular formula is C22H20F3N5O. The molecule has 1 aliphatic carbocycles. The Morgan fingerprint density at radius 2 is 1.90 bits per heavy atom. The maximum absolute atomic E-state index is 13.2. The number of H-pyrrole nitrogens is 1. The van der Waals surface area contributed by atoms with Crippen LogP contribution < -0.4 is 10.6 Å². The summed E-state index contributed by atoms with van der Waals surface area (Å²) in [7, 11) is 0. The van der Waals surface area contributed by atoms with Crippen LogP contribution in [0.15, 0.2) is 42.9 Å². The number of benzene rings is 1. The van der Waals surface area contributed by atoms with Crippen LogP contribution in [0.2, 0.25) is 0 Å². The first-order valence-corrected chi connectivity index (χ1v) is 9.95. The van der Waals surface area contributed by atoms with Crippen LogP contribution in [0.4, 0.5) is 18.9 Å². The number of hydrogen-bond acceptors (Lipinski definition) is 4. The second kappa shape index (κ2) is 8.30. The van der Waals surface area contributed by atoms with E-state index in [0.29, 0.717) is 24.1 Å². The van der Waals surface area contributed by atoms with Gasteiger partial charge in [-0.25, -0.2) is 0 Å². The third-order valence-electron chi connectivity index (χ3n) is 5.61. The Balaban J connectivity index is 1.35. The molecule has 9 heteroatoms. The molecule has 0 atom stereocenters. The molecule has 1 amide bonds. The van der Waals surface area contributed by atoms with E-state index < -0.39 is 17.3 Å². The number of nitrogens with zero attached hydrogens (tertiary/aromatic N) is 2. The van der Waals surface area contributed by atoms with Crippen LogP contribution in [0.3, 0.4) is 0 Å². The number of rotatable bonds is 4. The first-order chi connectivity index (χ1) is 14.8. The number of carbonyl (C=O) groups is 1. The van der Waals surface area contributed by atoms with Gasteiger partial charge in [-0.3, -0.25) is 9.78 Å². The highest BCUT2D eigenvalue weighted by Crippen LogP contribution is 2.34. The number of pyridine rings is 1. The Morgan fingerprint density at radius 3 is 2.61 bits per heavy atom. The van der Waals surface area contributed by atoms with Gasteiger partial charge >= 0.3 is 6.18 Å². The second-order valence-electron chi connectivity index (χ2n) is 7.66. The summed E-state index contributed by atoms with van der Waals surface area (Å²) in [6.07, 6.45) is 3.24. The smallest absolute Gasteiger partial charge is 0.382 e. The number of hydrogen-bond donors (Lipinski definition) is 3. The highest BCUT2D eigenvalue weighted by molar-refractivity contribution is 6.06. The molecule has 1 aromatic carbocycles. The second-order valence-corrected chi connectivity index (χ2v) is 7.66. The largest absolute Gasteiger partial charge is 0.417 e. The number of alkyl halides is 3. The summed E-state index contributed by atoms with van der Waals surface area (Å²) < 4.78 is 39.5. The summed E-state index contributed by atoms with van der Waals surface area (Å²) >= 11 is 0. The zero-order valence-electron chi connectivity index (χ0n) is 16.5. The van der Waals surface area contributed by atoms with Crippen LogP contribution >= 0.6 is 0 Å². The molecule has 0 saturated heterocycles. The molecule has 1 fully saturated rings. The Kier molecular flexibility index (Phi) is 5.55. The van der Waals surface area contributed by atoms with E-state index in [9.17, 15) is 18.0 Å². The fourth-order valence-corrected chi connectivity index (χ4v) is 4.01. The Morgan fingerprint density at radius 1 is 1.16 bits per heavy atom. The normalized spacial score (nSPS) is 19.0. The minimum atomic E-state index is -4.58. The zero-order valence-corrected chi connectivity index (χ0v) is 16.5. The van der Waals surface area contributed by atoms with Crippen LogP contribution in [-0.2, 0) is 6.18 Å². The van der Waals surface area contributed by atoms with Crippen molar-refractivity contribution in [3.8, 4) is 6.07 Å². The first-order valence-electron chi connectivity index (χ1n) is 9.95. The molecule has 4 rings (SSSR count). The summed E-state index contributed by atoms with van der Waals surface area (Å²) in [4.78, 5) is 19.7. The van der Waals surface area contributed by atoms with Gasteiger partial charge in [0.05, 0.1) is 34.5 Å². The van der Waals surface area contributed by atoms with Crippen molar-refractivity contribution >= 4 is 22.5 Å². The van der Waals surface area contributed by atoms with Crippen molar-refractivity contribution in [1.82, 2.24) is 15.3 Å². The molecular weight excluding hydrogens is 407 g/mol. The van der Waals surface area contributed by atoms with Crippen molar-refractivity contribution in [2.45, 2.75) is 43.9 Å². The molecule has 1 aliphatic rings. The van der Waals surface area contributed by atoms with E-state index in [1.54, 1.807) is 30.7 Å².